The molecule has 0 radical (unpaired) electrons. The van der Waals surface area contributed by atoms with Crippen molar-refractivity contribution in [3.8, 4) is 11.5 Å². The number of benzene rings is 2. The Balaban J connectivity index is 1.21. The van der Waals surface area contributed by atoms with Crippen molar-refractivity contribution in [1.82, 2.24) is 24.4 Å². The molecule has 0 bridgehead atoms. The Morgan fingerprint density at radius 3 is 2.60 bits per heavy atom. The average Bonchev–Trinajstić information content (AvgIpc) is 3.77. The molecular formula is C34H38ClN7O5. The summed E-state index contributed by atoms with van der Waals surface area (Å²) in [4.78, 5) is 33.1. The van der Waals surface area contributed by atoms with Crippen LogP contribution in [0.5, 0.6) is 11.5 Å². The lowest BCUT2D eigenvalue weighted by atomic mass is 9.94. The van der Waals surface area contributed by atoms with Crippen LogP contribution >= 0.6 is 11.6 Å². The molecule has 0 aliphatic carbocycles. The fraction of sp³-hybridized carbons (Fsp3) is 0.382. The Labute approximate surface area is 277 Å². The van der Waals surface area contributed by atoms with Crippen LogP contribution in [-0.2, 0) is 10.3 Å². The maximum absolute atomic E-state index is 13.9. The number of nitrogens with one attached hydrogen (secondary N) is 1. The number of carbonyl (C=O) groups excluding carboxylic acids is 2. The van der Waals surface area contributed by atoms with Gasteiger partial charge in [-0.15, -0.1) is 16.7 Å². The van der Waals surface area contributed by atoms with Crippen molar-refractivity contribution in [3.05, 3.63) is 71.9 Å². The van der Waals surface area contributed by atoms with E-state index in [-0.39, 0.29) is 40.4 Å². The number of alkyl halides is 1. The second-order valence-corrected chi connectivity index (χ2v) is 13.6. The fourth-order valence-corrected chi connectivity index (χ4v) is 6.11. The highest BCUT2D eigenvalue weighted by molar-refractivity contribution is 6.19. The number of hydrogen-bond donors (Lipinski definition) is 2. The minimum absolute atomic E-state index is 0.0409. The van der Waals surface area contributed by atoms with Crippen molar-refractivity contribution >= 4 is 51.2 Å². The number of aromatic hydroxyl groups is 1. The first-order valence-electron chi connectivity index (χ1n) is 15.4. The van der Waals surface area contributed by atoms with E-state index in [0.717, 1.165) is 10.9 Å². The quantitative estimate of drug-likeness (QED) is 0.185. The van der Waals surface area contributed by atoms with Crippen LogP contribution in [0.25, 0.3) is 16.4 Å². The average molecular weight is 660 g/mol. The number of phenolic OH excluding ortho intramolecular Hbond substituents is 1. The van der Waals surface area contributed by atoms with E-state index >= 15 is 0 Å². The van der Waals surface area contributed by atoms with Gasteiger partial charge in [-0.05, 0) is 64.8 Å². The summed E-state index contributed by atoms with van der Waals surface area (Å²) in [6.45, 7) is 10.9. The summed E-state index contributed by atoms with van der Waals surface area (Å²) in [5.74, 6) is -0.0162. The Morgan fingerprint density at radius 2 is 1.87 bits per heavy atom. The number of phenols is 1. The molecule has 0 spiro atoms. The minimum Gasteiger partial charge on any atom is -0.507 e. The van der Waals surface area contributed by atoms with Gasteiger partial charge in [-0.2, -0.15) is 0 Å². The zero-order chi connectivity index (χ0) is 33.7. The lowest BCUT2D eigenvalue weighted by molar-refractivity contribution is -0.0153. The van der Waals surface area contributed by atoms with Crippen LogP contribution in [0.3, 0.4) is 0 Å². The van der Waals surface area contributed by atoms with Crippen molar-refractivity contribution in [2.24, 2.45) is 0 Å². The van der Waals surface area contributed by atoms with Crippen molar-refractivity contribution in [2.45, 2.75) is 58.1 Å². The van der Waals surface area contributed by atoms with Gasteiger partial charge in [-0.25, -0.2) is 9.67 Å². The molecule has 0 saturated carbocycles. The van der Waals surface area contributed by atoms with Crippen molar-refractivity contribution in [3.63, 3.8) is 0 Å². The second-order valence-electron chi connectivity index (χ2n) is 13.3. The molecule has 3 aromatic heterocycles. The van der Waals surface area contributed by atoms with Crippen LogP contribution in [0.1, 0.15) is 73.5 Å². The van der Waals surface area contributed by atoms with Crippen molar-refractivity contribution in [1.29, 1.82) is 0 Å². The van der Waals surface area contributed by atoms with E-state index in [2.05, 4.69) is 20.6 Å². The maximum atomic E-state index is 13.9. The monoisotopic (exact) mass is 659 g/mol. The molecule has 12 nitrogen and oxygen atoms in total. The first-order chi connectivity index (χ1) is 22.3. The Bertz CT molecular complexity index is 1990. The smallest absolute Gasteiger partial charge is 0.278 e. The first kappa shape index (κ1) is 32.3. The molecule has 5 aromatic rings. The summed E-state index contributed by atoms with van der Waals surface area (Å²) >= 11 is 6.40. The molecule has 2 aromatic carbocycles. The van der Waals surface area contributed by atoms with Gasteiger partial charge in [-0.1, -0.05) is 17.3 Å². The molecule has 0 saturated heterocycles. The number of hydrogen-bond acceptors (Lipinski definition) is 8. The van der Waals surface area contributed by atoms with Crippen LogP contribution in [-0.4, -0.2) is 73.0 Å². The number of amides is 2. The van der Waals surface area contributed by atoms with Gasteiger partial charge in [0.15, 0.2) is 5.69 Å². The molecule has 13 heteroatoms. The number of carbonyl (C=O) groups is 2. The van der Waals surface area contributed by atoms with Gasteiger partial charge in [0.2, 0.25) is 0 Å². The number of rotatable bonds is 9. The molecule has 6 rings (SSSR count). The van der Waals surface area contributed by atoms with Crippen LogP contribution in [0.15, 0.2) is 55.0 Å². The summed E-state index contributed by atoms with van der Waals surface area (Å²) in [7, 11) is 1.57. The van der Waals surface area contributed by atoms with E-state index in [9.17, 15) is 14.7 Å². The van der Waals surface area contributed by atoms with Gasteiger partial charge >= 0.3 is 0 Å². The van der Waals surface area contributed by atoms with Gasteiger partial charge in [0.1, 0.15) is 22.8 Å². The van der Waals surface area contributed by atoms with E-state index < -0.39 is 11.4 Å². The lowest BCUT2D eigenvalue weighted by Crippen LogP contribution is -2.30. The first-order valence-corrected chi connectivity index (χ1v) is 15.9. The van der Waals surface area contributed by atoms with E-state index in [1.807, 2.05) is 52.8 Å². The van der Waals surface area contributed by atoms with Gasteiger partial charge in [0.05, 0.1) is 35.8 Å². The lowest BCUT2D eigenvalue weighted by Gasteiger charge is -2.27. The fourth-order valence-electron chi connectivity index (χ4n) is 5.86. The summed E-state index contributed by atoms with van der Waals surface area (Å²) in [5.41, 5.74) is 2.16. The number of fused-ring (bicyclic) bond motifs is 4. The Morgan fingerprint density at radius 1 is 1.09 bits per heavy atom. The molecule has 1 unspecified atom stereocenters. The second kappa shape index (κ2) is 12.2. The summed E-state index contributed by atoms with van der Waals surface area (Å²) in [5, 5.41) is 23.4. The Hall–Kier alpha value is -4.68. The molecule has 2 N–H and O–H groups in total. The molecule has 246 valence electrons. The number of pyridine rings is 1. The van der Waals surface area contributed by atoms with Gasteiger partial charge in [-0.3, -0.25) is 9.59 Å². The third kappa shape index (κ3) is 6.22. The van der Waals surface area contributed by atoms with Crippen molar-refractivity contribution in [2.75, 3.05) is 36.4 Å². The van der Waals surface area contributed by atoms with Crippen LogP contribution < -0.4 is 15.0 Å². The highest BCUT2D eigenvalue weighted by atomic mass is 35.5. The topological polar surface area (TPSA) is 136 Å². The number of aromatic nitrogens is 5. The number of imidazole rings is 1. The van der Waals surface area contributed by atoms with E-state index in [0.29, 0.717) is 47.7 Å². The van der Waals surface area contributed by atoms with E-state index in [1.165, 1.54) is 0 Å². The number of ether oxygens (including phenoxy) is 2. The minimum atomic E-state index is -0.419. The zero-order valence-corrected chi connectivity index (χ0v) is 28.0. The Kier molecular flexibility index (Phi) is 8.35. The number of nitrogens with zero attached hydrogens (tertiary/aromatic N) is 6. The van der Waals surface area contributed by atoms with Crippen LogP contribution in [0, 0.1) is 0 Å². The van der Waals surface area contributed by atoms with Crippen LogP contribution in [0.4, 0.5) is 11.4 Å². The largest absolute Gasteiger partial charge is 0.507 e. The molecule has 0 fully saturated rings. The highest BCUT2D eigenvalue weighted by Gasteiger charge is 2.36. The highest BCUT2D eigenvalue weighted by Crippen LogP contribution is 2.48. The molecule has 2 amide bonds. The van der Waals surface area contributed by atoms with E-state index in [4.69, 9.17) is 21.1 Å². The van der Waals surface area contributed by atoms with Gasteiger partial charge in [0.25, 0.3) is 11.8 Å². The zero-order valence-electron chi connectivity index (χ0n) is 27.2. The molecule has 47 heavy (non-hydrogen) atoms. The summed E-state index contributed by atoms with van der Waals surface area (Å²) < 4.78 is 14.8. The number of methoxy groups -OCH3 is 1. The van der Waals surface area contributed by atoms with Crippen molar-refractivity contribution < 1.29 is 24.2 Å². The van der Waals surface area contributed by atoms with Crippen LogP contribution in [0.2, 0.25) is 0 Å². The molecule has 1 aliphatic heterocycles. The maximum Gasteiger partial charge on any atom is 0.278 e. The van der Waals surface area contributed by atoms with E-state index in [1.54, 1.807) is 57.9 Å². The number of anilines is 2. The molecule has 1 atom stereocenters. The predicted octanol–water partition coefficient (Wildman–Crippen LogP) is 5.97. The normalized spacial score (nSPS) is 15.0. The third-order valence-electron chi connectivity index (χ3n) is 8.40. The molecule has 1 aliphatic rings. The molecule has 4 heterocycles. The summed E-state index contributed by atoms with van der Waals surface area (Å²) in [6, 6.07) is 10.5. The summed E-state index contributed by atoms with van der Waals surface area (Å²) in [6.07, 6.45) is 5.60. The SMILES string of the molecule is COc1cccc2c(O)cc3c(c12)C(CCl)CN3C(=O)c1cn2cc(NC(=O)c3cn(C(C)(C)CCOC(C)(C)C)nn3)ccc2n1. The third-order valence-corrected chi connectivity index (χ3v) is 8.77. The molecular weight excluding hydrogens is 622 g/mol. The standard InChI is InChI=1S/C34H38ClN7O5/c1-33(2,3)47-13-12-34(4,5)42-19-23(38-39-42)31(44)36-21-10-11-28-37-24(18-40(28)17-21)32(45)41-16-20(15-35)29-25(41)14-26(43)22-8-7-9-27(46-6)30(22)29/h7-11,14,17-20,43H,12-13,15-16H2,1-6H3,(H,36,44). The van der Waals surface area contributed by atoms with Gasteiger partial charge < -0.3 is 29.2 Å². The number of halogens is 1. The predicted molar refractivity (Wildman–Crippen MR) is 180 cm³/mol. The van der Waals surface area contributed by atoms with Gasteiger partial charge in [0, 0.05) is 54.2 Å².